The van der Waals surface area contributed by atoms with Crippen LogP contribution >= 0.6 is 0 Å². The Labute approximate surface area is 176 Å². The van der Waals surface area contributed by atoms with E-state index < -0.39 is 10.0 Å². The molecule has 1 aromatic heterocycles. The molecule has 1 aliphatic rings. The Balaban J connectivity index is 1.69. The maximum atomic E-state index is 13.5. The lowest BCUT2D eigenvalue weighted by Gasteiger charge is -2.21. The highest BCUT2D eigenvalue weighted by Gasteiger charge is 2.27. The number of carbonyl (C=O) groups is 1. The molecule has 2 aromatic carbocycles. The van der Waals surface area contributed by atoms with Gasteiger partial charge < -0.3 is 4.90 Å². The average Bonchev–Trinajstić information content (AvgIpc) is 3.04. The molecule has 1 saturated heterocycles. The molecule has 0 N–H and O–H groups in total. The second-order valence-corrected chi connectivity index (χ2v) is 9.33. The molecule has 0 spiro atoms. The maximum absolute atomic E-state index is 13.5. The van der Waals surface area contributed by atoms with Crippen molar-refractivity contribution in [3.63, 3.8) is 0 Å². The van der Waals surface area contributed by atoms with Crippen LogP contribution in [0.4, 0.5) is 0 Å². The molecule has 0 bridgehead atoms. The first kappa shape index (κ1) is 20.3. The summed E-state index contributed by atoms with van der Waals surface area (Å²) in [5.41, 5.74) is 2.86. The first-order valence-electron chi connectivity index (χ1n) is 9.88. The van der Waals surface area contributed by atoms with E-state index in [0.29, 0.717) is 43.9 Å². The van der Waals surface area contributed by atoms with E-state index in [-0.39, 0.29) is 5.91 Å². The van der Waals surface area contributed by atoms with E-state index in [1.165, 1.54) is 10.6 Å². The first-order valence-corrected chi connectivity index (χ1v) is 11.7. The van der Waals surface area contributed by atoms with Gasteiger partial charge in [0.15, 0.2) is 0 Å². The summed E-state index contributed by atoms with van der Waals surface area (Å²) < 4.78 is 26.9. The molecular weight excluding hydrogens is 400 g/mol. The minimum Gasteiger partial charge on any atom is -0.337 e. The Bertz CT molecular complexity index is 1130. The largest absolute Gasteiger partial charge is 0.337 e. The van der Waals surface area contributed by atoms with Gasteiger partial charge in [0, 0.05) is 37.9 Å². The minimum atomic E-state index is -3.27. The Morgan fingerprint density at radius 1 is 0.900 bits per heavy atom. The lowest BCUT2D eigenvalue weighted by atomic mass is 10.1. The molecule has 156 valence electrons. The summed E-state index contributed by atoms with van der Waals surface area (Å²) in [7, 11) is -3.27. The van der Waals surface area contributed by atoms with Crippen LogP contribution in [0.25, 0.3) is 16.9 Å². The molecular formula is C22H24N4O3S. The van der Waals surface area contributed by atoms with E-state index in [0.717, 1.165) is 11.3 Å². The van der Waals surface area contributed by atoms with Crippen molar-refractivity contribution in [1.29, 1.82) is 0 Å². The van der Waals surface area contributed by atoms with Crippen LogP contribution in [0.1, 0.15) is 16.8 Å². The summed E-state index contributed by atoms with van der Waals surface area (Å²) in [4.78, 5) is 15.2. The van der Waals surface area contributed by atoms with E-state index in [1.807, 2.05) is 60.7 Å². The molecule has 0 atom stereocenters. The standard InChI is InChI=1S/C22H24N4O3S/c1-30(28,29)25-14-8-13-24(15-16-25)22(27)20-17-26(19-11-6-3-7-12-19)23-21(20)18-9-4-2-5-10-18/h2-7,9-12,17H,8,13-16H2,1H3. The van der Waals surface area contributed by atoms with Crippen molar-refractivity contribution < 1.29 is 13.2 Å². The molecule has 1 fully saturated rings. The molecule has 0 radical (unpaired) electrons. The fraction of sp³-hybridized carbons (Fsp3) is 0.273. The Morgan fingerprint density at radius 3 is 2.23 bits per heavy atom. The second-order valence-electron chi connectivity index (χ2n) is 7.35. The predicted octanol–water partition coefficient (Wildman–Crippen LogP) is 2.65. The van der Waals surface area contributed by atoms with Gasteiger partial charge in [0.1, 0.15) is 5.69 Å². The average molecular weight is 425 g/mol. The fourth-order valence-electron chi connectivity index (χ4n) is 3.65. The smallest absolute Gasteiger partial charge is 0.257 e. The monoisotopic (exact) mass is 424 g/mol. The van der Waals surface area contributed by atoms with Gasteiger partial charge in [-0.3, -0.25) is 4.79 Å². The summed E-state index contributed by atoms with van der Waals surface area (Å²) in [6.07, 6.45) is 3.58. The van der Waals surface area contributed by atoms with E-state index in [4.69, 9.17) is 5.10 Å². The fourth-order valence-corrected chi connectivity index (χ4v) is 4.53. The van der Waals surface area contributed by atoms with Crippen LogP contribution in [0.3, 0.4) is 0 Å². The zero-order valence-corrected chi connectivity index (χ0v) is 17.6. The highest BCUT2D eigenvalue weighted by molar-refractivity contribution is 7.88. The van der Waals surface area contributed by atoms with Crippen LogP contribution in [-0.2, 0) is 10.0 Å². The van der Waals surface area contributed by atoms with Crippen molar-refractivity contribution in [2.75, 3.05) is 32.4 Å². The van der Waals surface area contributed by atoms with Crippen molar-refractivity contribution >= 4 is 15.9 Å². The zero-order valence-electron chi connectivity index (χ0n) is 16.8. The van der Waals surface area contributed by atoms with Gasteiger partial charge >= 0.3 is 0 Å². The third kappa shape index (κ3) is 4.29. The number of hydrogen-bond acceptors (Lipinski definition) is 4. The highest BCUT2D eigenvalue weighted by atomic mass is 32.2. The van der Waals surface area contributed by atoms with E-state index in [9.17, 15) is 13.2 Å². The SMILES string of the molecule is CS(=O)(=O)N1CCCN(C(=O)c2cn(-c3ccccc3)nc2-c2ccccc2)CC1. The van der Waals surface area contributed by atoms with E-state index in [2.05, 4.69) is 0 Å². The molecule has 0 saturated carbocycles. The molecule has 1 amide bonds. The molecule has 4 rings (SSSR count). The Kier molecular flexibility index (Phi) is 5.69. The Hall–Kier alpha value is -2.97. The van der Waals surface area contributed by atoms with Crippen LogP contribution in [0.15, 0.2) is 66.9 Å². The number of amides is 1. The topological polar surface area (TPSA) is 75.5 Å². The van der Waals surface area contributed by atoms with Gasteiger partial charge in [-0.2, -0.15) is 5.10 Å². The molecule has 1 aliphatic heterocycles. The van der Waals surface area contributed by atoms with Crippen molar-refractivity contribution in [2.24, 2.45) is 0 Å². The Morgan fingerprint density at radius 2 is 1.57 bits per heavy atom. The molecule has 2 heterocycles. The summed E-state index contributed by atoms with van der Waals surface area (Å²) in [6.45, 7) is 1.60. The zero-order chi connectivity index (χ0) is 21.1. The summed E-state index contributed by atoms with van der Waals surface area (Å²) in [5.74, 6) is -0.133. The van der Waals surface area contributed by atoms with Gasteiger partial charge in [0.05, 0.1) is 17.5 Å². The lowest BCUT2D eigenvalue weighted by Crippen LogP contribution is -2.37. The normalized spacial score (nSPS) is 15.7. The van der Waals surface area contributed by atoms with Gasteiger partial charge in [-0.1, -0.05) is 48.5 Å². The van der Waals surface area contributed by atoms with Crippen LogP contribution in [-0.4, -0.2) is 65.7 Å². The van der Waals surface area contributed by atoms with Gasteiger partial charge in [0.25, 0.3) is 5.91 Å². The minimum absolute atomic E-state index is 0.133. The molecule has 3 aromatic rings. The van der Waals surface area contributed by atoms with Crippen LogP contribution < -0.4 is 0 Å². The number of carbonyl (C=O) groups excluding carboxylic acids is 1. The number of rotatable bonds is 4. The van der Waals surface area contributed by atoms with Crippen molar-refractivity contribution in [3.05, 3.63) is 72.4 Å². The summed E-state index contributed by atoms with van der Waals surface area (Å²) >= 11 is 0. The number of benzene rings is 2. The molecule has 8 heteroatoms. The van der Waals surface area contributed by atoms with E-state index in [1.54, 1.807) is 15.8 Å². The highest BCUT2D eigenvalue weighted by Crippen LogP contribution is 2.25. The van der Waals surface area contributed by atoms with Gasteiger partial charge in [-0.15, -0.1) is 0 Å². The third-order valence-electron chi connectivity index (χ3n) is 5.22. The van der Waals surface area contributed by atoms with Crippen LogP contribution in [0, 0.1) is 0 Å². The third-order valence-corrected chi connectivity index (χ3v) is 6.53. The van der Waals surface area contributed by atoms with E-state index >= 15 is 0 Å². The van der Waals surface area contributed by atoms with Gasteiger partial charge in [-0.05, 0) is 18.6 Å². The molecule has 0 aliphatic carbocycles. The first-order chi connectivity index (χ1) is 14.4. The number of para-hydroxylation sites is 1. The molecule has 0 unspecified atom stereocenters. The van der Waals surface area contributed by atoms with Gasteiger partial charge in [-0.25, -0.2) is 17.4 Å². The summed E-state index contributed by atoms with van der Waals surface area (Å²) in [5, 5.41) is 4.71. The van der Waals surface area contributed by atoms with Crippen molar-refractivity contribution in [3.8, 4) is 16.9 Å². The van der Waals surface area contributed by atoms with Crippen LogP contribution in [0.5, 0.6) is 0 Å². The maximum Gasteiger partial charge on any atom is 0.257 e. The van der Waals surface area contributed by atoms with Crippen LogP contribution in [0.2, 0.25) is 0 Å². The van der Waals surface area contributed by atoms with Gasteiger partial charge in [0.2, 0.25) is 10.0 Å². The predicted molar refractivity (Wildman–Crippen MR) is 116 cm³/mol. The number of hydrogen-bond donors (Lipinski definition) is 0. The molecule has 30 heavy (non-hydrogen) atoms. The summed E-state index contributed by atoms with van der Waals surface area (Å²) in [6, 6.07) is 19.3. The van der Waals surface area contributed by atoms with Crippen molar-refractivity contribution in [1.82, 2.24) is 19.0 Å². The van der Waals surface area contributed by atoms with Crippen molar-refractivity contribution in [2.45, 2.75) is 6.42 Å². The number of sulfonamides is 1. The molecule has 7 nitrogen and oxygen atoms in total. The second kappa shape index (κ2) is 8.41. The quantitative estimate of drug-likeness (QED) is 0.645. The lowest BCUT2D eigenvalue weighted by molar-refractivity contribution is 0.0765. The number of aromatic nitrogens is 2. The number of nitrogens with zero attached hydrogens (tertiary/aromatic N) is 4.